The first-order valence-corrected chi connectivity index (χ1v) is 9.81. The van der Waals surface area contributed by atoms with Crippen molar-refractivity contribution in [3.8, 4) is 0 Å². The quantitative estimate of drug-likeness (QED) is 0.660. The Morgan fingerprint density at radius 1 is 1.36 bits per heavy atom. The number of carbonyl (C=O) groups is 1. The van der Waals surface area contributed by atoms with E-state index in [9.17, 15) is 9.59 Å². The molecule has 25 heavy (non-hydrogen) atoms. The third-order valence-electron chi connectivity index (χ3n) is 4.74. The van der Waals surface area contributed by atoms with Gasteiger partial charge in [-0.15, -0.1) is 0 Å². The smallest absolute Gasteiger partial charge is 0.254 e. The lowest BCUT2D eigenvalue weighted by Crippen LogP contribution is -2.31. The Kier molecular flexibility index (Phi) is 5.58. The van der Waals surface area contributed by atoms with Crippen molar-refractivity contribution in [3.05, 3.63) is 57.5 Å². The highest BCUT2D eigenvalue weighted by Gasteiger charge is 2.29. The van der Waals surface area contributed by atoms with E-state index in [1.165, 1.54) is 17.3 Å². The second-order valence-electron chi connectivity index (χ2n) is 6.30. The van der Waals surface area contributed by atoms with Crippen molar-refractivity contribution in [2.75, 3.05) is 12.8 Å². The van der Waals surface area contributed by atoms with Crippen molar-refractivity contribution in [1.82, 2.24) is 14.9 Å². The first-order chi connectivity index (χ1) is 12.1. The maximum atomic E-state index is 12.7. The van der Waals surface area contributed by atoms with Gasteiger partial charge in [-0.1, -0.05) is 42.1 Å². The number of nitrogens with zero attached hydrogens (tertiary/aromatic N) is 2. The van der Waals surface area contributed by atoms with Gasteiger partial charge in [-0.3, -0.25) is 9.59 Å². The zero-order valence-corrected chi connectivity index (χ0v) is 15.4. The molecule has 2 heterocycles. The molecule has 1 unspecified atom stereocenters. The number of hydrogen-bond acceptors (Lipinski definition) is 4. The average Bonchev–Trinajstić information content (AvgIpc) is 3.11. The molecule has 2 aromatic rings. The van der Waals surface area contributed by atoms with E-state index >= 15 is 0 Å². The van der Waals surface area contributed by atoms with E-state index in [2.05, 4.69) is 22.1 Å². The van der Waals surface area contributed by atoms with Crippen LogP contribution in [0.5, 0.6) is 0 Å². The number of carbonyl (C=O) groups excluding carboxylic acids is 1. The maximum absolute atomic E-state index is 12.7. The second kappa shape index (κ2) is 7.87. The van der Waals surface area contributed by atoms with E-state index in [-0.39, 0.29) is 17.5 Å². The maximum Gasteiger partial charge on any atom is 0.254 e. The molecule has 0 radical (unpaired) electrons. The number of aryl methyl sites for hydroxylation is 1. The highest BCUT2D eigenvalue weighted by molar-refractivity contribution is 7.98. The van der Waals surface area contributed by atoms with Crippen LogP contribution in [0.4, 0.5) is 0 Å². The molecule has 0 saturated carbocycles. The van der Waals surface area contributed by atoms with Gasteiger partial charge in [0.05, 0.1) is 6.04 Å². The van der Waals surface area contributed by atoms with Gasteiger partial charge in [0.1, 0.15) is 0 Å². The summed E-state index contributed by atoms with van der Waals surface area (Å²) < 4.78 is 0. The lowest BCUT2D eigenvalue weighted by atomic mass is 10.0. The van der Waals surface area contributed by atoms with Gasteiger partial charge >= 0.3 is 0 Å². The molecule has 5 nitrogen and oxygen atoms in total. The third-order valence-corrected chi connectivity index (χ3v) is 5.32. The average molecular weight is 357 g/mol. The number of thioether (sulfide) groups is 1. The monoisotopic (exact) mass is 357 g/mol. The summed E-state index contributed by atoms with van der Waals surface area (Å²) in [6.07, 6.45) is 4.67. The Morgan fingerprint density at radius 2 is 2.12 bits per heavy atom. The van der Waals surface area contributed by atoms with Crippen LogP contribution in [0.15, 0.2) is 40.3 Å². The Hall–Kier alpha value is -2.08. The Labute approximate surface area is 151 Å². The molecule has 1 aliphatic heterocycles. The van der Waals surface area contributed by atoms with Gasteiger partial charge in [0.15, 0.2) is 5.16 Å². The number of aromatic nitrogens is 2. The van der Waals surface area contributed by atoms with E-state index < -0.39 is 0 Å². The molecule has 1 aromatic heterocycles. The van der Waals surface area contributed by atoms with Crippen molar-refractivity contribution in [2.45, 2.75) is 43.8 Å². The van der Waals surface area contributed by atoms with Crippen LogP contribution < -0.4 is 5.56 Å². The lowest BCUT2D eigenvalue weighted by Gasteiger charge is -2.25. The van der Waals surface area contributed by atoms with Crippen LogP contribution in [0.2, 0.25) is 0 Å². The minimum atomic E-state index is -0.134. The van der Waals surface area contributed by atoms with Crippen LogP contribution in [0, 0.1) is 6.92 Å². The Bertz CT molecular complexity index is 804. The van der Waals surface area contributed by atoms with Crippen molar-refractivity contribution in [2.24, 2.45) is 0 Å². The van der Waals surface area contributed by atoms with E-state index in [0.717, 1.165) is 19.4 Å². The highest BCUT2D eigenvalue weighted by atomic mass is 32.2. The minimum Gasteiger partial charge on any atom is -0.336 e. The normalized spacial score (nSPS) is 17.0. The fourth-order valence-corrected chi connectivity index (χ4v) is 3.86. The molecule has 132 valence electrons. The molecule has 1 saturated heterocycles. The first kappa shape index (κ1) is 17.7. The van der Waals surface area contributed by atoms with Crippen molar-refractivity contribution < 1.29 is 4.79 Å². The number of amides is 1. The van der Waals surface area contributed by atoms with Crippen LogP contribution in [0.25, 0.3) is 0 Å². The molecule has 0 bridgehead atoms. The van der Waals surface area contributed by atoms with Gasteiger partial charge < -0.3 is 9.88 Å². The predicted octanol–water partition coefficient (Wildman–Crippen LogP) is 3.10. The van der Waals surface area contributed by atoms with E-state index in [0.29, 0.717) is 29.3 Å². The number of aromatic amines is 1. The summed E-state index contributed by atoms with van der Waals surface area (Å²) in [5, 5.41) is 0.612. The summed E-state index contributed by atoms with van der Waals surface area (Å²) in [5.74, 6) is 0.110. The number of benzene rings is 1. The summed E-state index contributed by atoms with van der Waals surface area (Å²) in [6, 6.07) is 10.3. The van der Waals surface area contributed by atoms with Crippen molar-refractivity contribution >= 4 is 17.7 Å². The van der Waals surface area contributed by atoms with Crippen molar-refractivity contribution in [3.63, 3.8) is 0 Å². The number of rotatable bonds is 5. The molecule has 0 aliphatic carbocycles. The Morgan fingerprint density at radius 3 is 2.80 bits per heavy atom. The third kappa shape index (κ3) is 3.95. The lowest BCUT2D eigenvalue weighted by molar-refractivity contribution is -0.132. The molecule has 3 rings (SSSR count). The van der Waals surface area contributed by atoms with Crippen LogP contribution in [-0.2, 0) is 11.2 Å². The molecular weight excluding hydrogens is 334 g/mol. The van der Waals surface area contributed by atoms with Gasteiger partial charge in [-0.25, -0.2) is 4.98 Å². The van der Waals surface area contributed by atoms with Crippen molar-refractivity contribution in [1.29, 1.82) is 0 Å². The van der Waals surface area contributed by atoms with Crippen LogP contribution in [0.3, 0.4) is 0 Å². The largest absolute Gasteiger partial charge is 0.336 e. The van der Waals surface area contributed by atoms with Gasteiger partial charge in [-0.05, 0) is 38.0 Å². The minimum absolute atomic E-state index is 0.110. The SMILES string of the molecule is CSc1nc(C)c(CCC(=O)N2CCCC2c2ccccc2)c(=O)[nH]1. The molecule has 0 spiro atoms. The predicted molar refractivity (Wildman–Crippen MR) is 99.8 cm³/mol. The number of H-pyrrole nitrogens is 1. The summed E-state index contributed by atoms with van der Waals surface area (Å²) in [5.41, 5.74) is 2.38. The van der Waals surface area contributed by atoms with Gasteiger partial charge in [0.2, 0.25) is 5.91 Å². The van der Waals surface area contributed by atoms with Gasteiger partial charge in [0, 0.05) is 24.2 Å². The number of nitrogens with one attached hydrogen (secondary N) is 1. The molecule has 1 atom stereocenters. The van der Waals surface area contributed by atoms with Crippen LogP contribution in [-0.4, -0.2) is 33.6 Å². The summed E-state index contributed by atoms with van der Waals surface area (Å²) in [4.78, 5) is 34.0. The molecule has 1 amide bonds. The van der Waals surface area contributed by atoms with E-state index in [4.69, 9.17) is 0 Å². The van der Waals surface area contributed by atoms with E-state index in [1.807, 2.05) is 36.3 Å². The molecule has 1 aliphatic rings. The fourth-order valence-electron chi connectivity index (χ4n) is 3.44. The topological polar surface area (TPSA) is 66.1 Å². The van der Waals surface area contributed by atoms with Crippen LogP contribution in [0.1, 0.15) is 42.1 Å². The second-order valence-corrected chi connectivity index (χ2v) is 7.09. The zero-order valence-electron chi connectivity index (χ0n) is 14.6. The van der Waals surface area contributed by atoms with Gasteiger partial charge in [0.25, 0.3) is 5.56 Å². The fraction of sp³-hybridized carbons (Fsp3) is 0.421. The summed E-state index contributed by atoms with van der Waals surface area (Å²) >= 11 is 1.41. The number of likely N-dealkylation sites (tertiary alicyclic amines) is 1. The summed E-state index contributed by atoms with van der Waals surface area (Å²) in [6.45, 7) is 2.62. The first-order valence-electron chi connectivity index (χ1n) is 8.58. The van der Waals surface area contributed by atoms with Gasteiger partial charge in [-0.2, -0.15) is 0 Å². The molecular formula is C19H23N3O2S. The zero-order chi connectivity index (χ0) is 17.8. The molecule has 1 N–H and O–H groups in total. The Balaban J connectivity index is 1.70. The highest BCUT2D eigenvalue weighted by Crippen LogP contribution is 2.32. The molecule has 1 fully saturated rings. The summed E-state index contributed by atoms with van der Waals surface area (Å²) in [7, 11) is 0. The number of hydrogen-bond donors (Lipinski definition) is 1. The van der Waals surface area contributed by atoms with Crippen LogP contribution >= 0.6 is 11.8 Å². The van der Waals surface area contributed by atoms with E-state index in [1.54, 1.807) is 0 Å². The molecule has 1 aromatic carbocycles. The molecule has 6 heteroatoms. The standard InChI is InChI=1S/C19H23N3O2S/c1-13-15(18(24)21-19(20-13)25-2)10-11-17(23)22-12-6-9-16(22)14-7-4-3-5-8-14/h3-5,7-8,16H,6,9-12H2,1-2H3,(H,20,21,24).